The largest absolute Gasteiger partial charge is 0.0996 e. The minimum atomic E-state index is 0.627. The maximum atomic E-state index is 3.93. The molecule has 0 saturated carbocycles. The van der Waals surface area contributed by atoms with Crippen LogP contribution < -0.4 is 0 Å². The van der Waals surface area contributed by atoms with Gasteiger partial charge in [-0.2, -0.15) is 0 Å². The summed E-state index contributed by atoms with van der Waals surface area (Å²) in [6, 6.07) is 0. The van der Waals surface area contributed by atoms with Crippen LogP contribution in [-0.4, -0.2) is 0 Å². The van der Waals surface area contributed by atoms with E-state index in [1.54, 1.807) is 0 Å². The molecule has 53 valence electrons. The first-order valence-electron chi connectivity index (χ1n) is 3.56. The fraction of sp³-hybridized carbons (Fsp3) is 0.667. The summed E-state index contributed by atoms with van der Waals surface area (Å²) in [7, 11) is 0. The lowest BCUT2D eigenvalue weighted by Crippen LogP contribution is -2.05. The molecule has 0 amide bonds. The Balaban J connectivity index is 3.72. The van der Waals surface area contributed by atoms with E-state index in [4.69, 9.17) is 0 Å². The van der Waals surface area contributed by atoms with Gasteiger partial charge in [-0.15, -0.1) is 0 Å². The predicted octanol–water partition coefficient (Wildman–Crippen LogP) is 3.06. The van der Waals surface area contributed by atoms with Crippen LogP contribution in [0.3, 0.4) is 0 Å². The number of rotatable bonds is 3. The molecular formula is C9H17. The molecule has 0 heterocycles. The normalized spacial score (nSPS) is 13.9. The van der Waals surface area contributed by atoms with Crippen LogP contribution in [0.25, 0.3) is 0 Å². The Morgan fingerprint density at radius 1 is 1.33 bits per heavy atom. The van der Waals surface area contributed by atoms with Crippen molar-refractivity contribution in [1.82, 2.24) is 0 Å². The third kappa shape index (κ3) is 2.69. The molecule has 9 heavy (non-hydrogen) atoms. The summed E-state index contributed by atoms with van der Waals surface area (Å²) in [5.41, 5.74) is 1.27. The molecule has 0 aliphatic rings. The molecule has 0 bridgehead atoms. The predicted molar refractivity (Wildman–Crippen MR) is 43.1 cm³/mol. The minimum Gasteiger partial charge on any atom is -0.0996 e. The zero-order valence-corrected chi connectivity index (χ0v) is 6.78. The fourth-order valence-corrected chi connectivity index (χ4v) is 0.699. The average molecular weight is 125 g/mol. The summed E-state index contributed by atoms with van der Waals surface area (Å²) >= 11 is 0. The van der Waals surface area contributed by atoms with Crippen molar-refractivity contribution in [3.05, 3.63) is 19.1 Å². The second kappa shape index (κ2) is 3.71. The average Bonchev–Trinajstić information content (AvgIpc) is 1.84. The Morgan fingerprint density at radius 2 is 1.78 bits per heavy atom. The summed E-state index contributed by atoms with van der Waals surface area (Å²) in [4.78, 5) is 0. The van der Waals surface area contributed by atoms with Crippen molar-refractivity contribution in [2.24, 2.45) is 11.8 Å². The van der Waals surface area contributed by atoms with Crippen LogP contribution in [0.1, 0.15) is 27.2 Å². The van der Waals surface area contributed by atoms with Gasteiger partial charge in [0.25, 0.3) is 0 Å². The molecule has 0 nitrogen and oxygen atoms in total. The molecule has 0 aliphatic heterocycles. The molecule has 0 N–H and O–H groups in total. The highest BCUT2D eigenvalue weighted by atomic mass is 14.1. The molecule has 0 fully saturated rings. The zero-order valence-electron chi connectivity index (χ0n) is 6.78. The highest BCUT2D eigenvalue weighted by Gasteiger charge is 2.07. The van der Waals surface area contributed by atoms with E-state index in [9.17, 15) is 0 Å². The van der Waals surface area contributed by atoms with Crippen molar-refractivity contribution >= 4 is 0 Å². The molecule has 0 spiro atoms. The highest BCUT2D eigenvalue weighted by Crippen LogP contribution is 2.19. The molecule has 0 aliphatic carbocycles. The first-order valence-corrected chi connectivity index (χ1v) is 3.56. The summed E-state index contributed by atoms with van der Waals surface area (Å²) in [5, 5.41) is 0. The number of allylic oxidation sites excluding steroid dienone is 1. The molecule has 1 atom stereocenters. The minimum absolute atomic E-state index is 0.627. The van der Waals surface area contributed by atoms with E-state index < -0.39 is 0 Å². The van der Waals surface area contributed by atoms with E-state index >= 15 is 0 Å². The van der Waals surface area contributed by atoms with Crippen molar-refractivity contribution in [1.29, 1.82) is 0 Å². The van der Waals surface area contributed by atoms with Gasteiger partial charge in [0, 0.05) is 0 Å². The first-order chi connectivity index (χ1) is 4.09. The second-order valence-electron chi connectivity index (χ2n) is 2.94. The van der Waals surface area contributed by atoms with Crippen LogP contribution in [-0.2, 0) is 0 Å². The summed E-state index contributed by atoms with van der Waals surface area (Å²) in [6.45, 7) is 14.4. The standard InChI is InChI=1S/C9H17/c1-6-8(4)9(5)7(2)3/h7,9H,1,4,6H2,2-3,5H3. The Bertz CT molecular complexity index is 90.2. The van der Waals surface area contributed by atoms with Gasteiger partial charge >= 0.3 is 0 Å². The van der Waals surface area contributed by atoms with Crippen molar-refractivity contribution in [3.8, 4) is 0 Å². The Morgan fingerprint density at radius 3 is 1.89 bits per heavy atom. The summed E-state index contributed by atoms with van der Waals surface area (Å²) in [6.07, 6.45) is 0.874. The van der Waals surface area contributed by atoms with Gasteiger partial charge in [0.2, 0.25) is 0 Å². The smallest absolute Gasteiger partial charge is 0.0211 e. The monoisotopic (exact) mass is 125 g/mol. The van der Waals surface area contributed by atoms with Crippen LogP contribution in [0.2, 0.25) is 0 Å². The van der Waals surface area contributed by atoms with E-state index in [2.05, 4.69) is 34.3 Å². The van der Waals surface area contributed by atoms with Gasteiger partial charge in [0.05, 0.1) is 0 Å². The molecule has 0 heteroatoms. The maximum Gasteiger partial charge on any atom is -0.0211 e. The topological polar surface area (TPSA) is 0 Å². The van der Waals surface area contributed by atoms with Crippen molar-refractivity contribution in [2.75, 3.05) is 0 Å². The lowest BCUT2D eigenvalue weighted by molar-refractivity contribution is 0.475. The van der Waals surface area contributed by atoms with Crippen LogP contribution in [0.4, 0.5) is 0 Å². The van der Waals surface area contributed by atoms with Gasteiger partial charge in [0.15, 0.2) is 0 Å². The molecular weight excluding hydrogens is 108 g/mol. The number of hydrogen-bond acceptors (Lipinski definition) is 0. The van der Waals surface area contributed by atoms with E-state index in [1.807, 2.05) is 0 Å². The Hall–Kier alpha value is -0.260. The molecule has 0 saturated heterocycles. The van der Waals surface area contributed by atoms with Gasteiger partial charge in [-0.3, -0.25) is 0 Å². The second-order valence-corrected chi connectivity index (χ2v) is 2.94. The molecule has 0 aromatic heterocycles. The molecule has 1 radical (unpaired) electrons. The highest BCUT2D eigenvalue weighted by molar-refractivity contribution is 5.00. The lowest BCUT2D eigenvalue weighted by atomic mass is 9.90. The Labute approximate surface area is 59.0 Å². The lowest BCUT2D eigenvalue weighted by Gasteiger charge is -2.16. The van der Waals surface area contributed by atoms with Crippen LogP contribution in [0.15, 0.2) is 12.2 Å². The molecule has 0 rings (SSSR count). The van der Waals surface area contributed by atoms with Gasteiger partial charge in [-0.25, -0.2) is 0 Å². The molecule has 0 aromatic carbocycles. The SMILES string of the molecule is [CH2]CC(=C)C(C)C(C)C. The summed E-state index contributed by atoms with van der Waals surface area (Å²) in [5.74, 6) is 1.33. The van der Waals surface area contributed by atoms with Crippen LogP contribution in [0.5, 0.6) is 0 Å². The first kappa shape index (κ1) is 8.74. The summed E-state index contributed by atoms with van der Waals surface area (Å²) < 4.78 is 0. The van der Waals surface area contributed by atoms with E-state index in [0.29, 0.717) is 11.8 Å². The molecule has 1 unspecified atom stereocenters. The van der Waals surface area contributed by atoms with Crippen molar-refractivity contribution in [2.45, 2.75) is 27.2 Å². The van der Waals surface area contributed by atoms with E-state index in [1.165, 1.54) is 5.57 Å². The van der Waals surface area contributed by atoms with Crippen LogP contribution >= 0.6 is 0 Å². The van der Waals surface area contributed by atoms with Crippen molar-refractivity contribution in [3.63, 3.8) is 0 Å². The van der Waals surface area contributed by atoms with Gasteiger partial charge in [-0.1, -0.05) is 32.9 Å². The molecule has 0 aromatic rings. The zero-order chi connectivity index (χ0) is 7.44. The van der Waals surface area contributed by atoms with Crippen LogP contribution in [0, 0.1) is 18.8 Å². The third-order valence-corrected chi connectivity index (χ3v) is 1.97. The van der Waals surface area contributed by atoms with Gasteiger partial charge in [-0.05, 0) is 25.2 Å². The van der Waals surface area contributed by atoms with Gasteiger partial charge in [0.1, 0.15) is 0 Å². The third-order valence-electron chi connectivity index (χ3n) is 1.97. The van der Waals surface area contributed by atoms with Crippen molar-refractivity contribution < 1.29 is 0 Å². The number of hydrogen-bond donors (Lipinski definition) is 0. The van der Waals surface area contributed by atoms with E-state index in [0.717, 1.165) is 6.42 Å². The van der Waals surface area contributed by atoms with E-state index in [-0.39, 0.29) is 0 Å². The maximum absolute atomic E-state index is 3.93. The van der Waals surface area contributed by atoms with Gasteiger partial charge < -0.3 is 0 Å². The Kier molecular flexibility index (Phi) is 3.60. The fourth-order valence-electron chi connectivity index (χ4n) is 0.699. The quantitative estimate of drug-likeness (QED) is 0.508.